The molecular formula is C31H41ClN4O4. The van der Waals surface area contributed by atoms with Crippen molar-refractivity contribution >= 4 is 23.4 Å². The van der Waals surface area contributed by atoms with Crippen LogP contribution < -0.4 is 15.4 Å². The fourth-order valence-corrected chi connectivity index (χ4v) is 4.78. The second-order valence-electron chi connectivity index (χ2n) is 10.6. The maximum atomic E-state index is 12.9. The number of aryl methyl sites for hydroxylation is 1. The second-order valence-corrected chi connectivity index (χ2v) is 11.0. The van der Waals surface area contributed by atoms with Crippen molar-refractivity contribution in [3.63, 3.8) is 0 Å². The first-order valence-corrected chi connectivity index (χ1v) is 14.2. The van der Waals surface area contributed by atoms with Crippen molar-refractivity contribution in [2.45, 2.75) is 79.1 Å². The van der Waals surface area contributed by atoms with Gasteiger partial charge in [-0.15, -0.1) is 0 Å². The summed E-state index contributed by atoms with van der Waals surface area (Å²) in [5.74, 6) is 1.21. The maximum Gasteiger partial charge on any atom is 0.251 e. The second kappa shape index (κ2) is 14.3. The van der Waals surface area contributed by atoms with Gasteiger partial charge in [-0.05, 0) is 63.3 Å². The van der Waals surface area contributed by atoms with E-state index in [0.29, 0.717) is 29.2 Å². The summed E-state index contributed by atoms with van der Waals surface area (Å²) in [6.07, 6.45) is 2.96. The van der Waals surface area contributed by atoms with E-state index in [4.69, 9.17) is 21.3 Å². The summed E-state index contributed by atoms with van der Waals surface area (Å²) in [4.78, 5) is 29.6. The van der Waals surface area contributed by atoms with Crippen molar-refractivity contribution in [3.8, 4) is 17.0 Å². The van der Waals surface area contributed by atoms with Gasteiger partial charge in [-0.2, -0.15) is 0 Å². The highest BCUT2D eigenvalue weighted by Gasteiger charge is 2.23. The summed E-state index contributed by atoms with van der Waals surface area (Å²) in [5, 5.41) is 16.0. The lowest BCUT2D eigenvalue weighted by Crippen LogP contribution is -2.37. The Morgan fingerprint density at radius 2 is 1.77 bits per heavy atom. The van der Waals surface area contributed by atoms with Crippen LogP contribution in [0, 0.1) is 5.92 Å². The molecule has 0 saturated heterocycles. The molecule has 1 heterocycles. The molecule has 0 fully saturated rings. The van der Waals surface area contributed by atoms with Crippen LogP contribution in [0.2, 0.25) is 5.02 Å². The number of ether oxygens (including phenoxy) is 1. The van der Waals surface area contributed by atoms with Crippen LogP contribution in [0.4, 0.5) is 0 Å². The smallest absolute Gasteiger partial charge is 0.251 e. The first-order chi connectivity index (χ1) is 19.0. The molecule has 40 heavy (non-hydrogen) atoms. The fourth-order valence-electron chi connectivity index (χ4n) is 4.56. The van der Waals surface area contributed by atoms with E-state index in [0.717, 1.165) is 29.2 Å². The average molecular weight is 569 g/mol. The minimum atomic E-state index is -0.260. The van der Waals surface area contributed by atoms with Gasteiger partial charge in [0, 0.05) is 43.4 Å². The van der Waals surface area contributed by atoms with E-state index in [9.17, 15) is 14.7 Å². The van der Waals surface area contributed by atoms with Crippen molar-refractivity contribution < 1.29 is 19.4 Å². The third-order valence-corrected chi connectivity index (χ3v) is 6.85. The lowest BCUT2D eigenvalue weighted by atomic mass is 10.0. The van der Waals surface area contributed by atoms with E-state index in [1.807, 2.05) is 44.3 Å². The monoisotopic (exact) mass is 568 g/mol. The third-order valence-electron chi connectivity index (χ3n) is 6.55. The molecular weight excluding hydrogens is 528 g/mol. The van der Waals surface area contributed by atoms with E-state index in [2.05, 4.69) is 36.0 Å². The number of aliphatic hydroxyl groups excluding tert-OH is 1. The molecule has 1 aromatic heterocycles. The molecule has 3 rings (SSSR count). The normalized spacial score (nSPS) is 12.8. The maximum absolute atomic E-state index is 12.9. The number of nitrogens with zero attached hydrogens (tertiary/aromatic N) is 2. The predicted octanol–water partition coefficient (Wildman–Crippen LogP) is 5.57. The average Bonchev–Trinajstić information content (AvgIpc) is 3.32. The molecule has 8 nitrogen and oxygen atoms in total. The van der Waals surface area contributed by atoms with E-state index >= 15 is 0 Å². The molecule has 0 saturated carbocycles. The van der Waals surface area contributed by atoms with Gasteiger partial charge >= 0.3 is 0 Å². The van der Waals surface area contributed by atoms with Crippen LogP contribution in [-0.2, 0) is 17.8 Å². The largest absolute Gasteiger partial charge is 0.489 e. The summed E-state index contributed by atoms with van der Waals surface area (Å²) in [6.45, 7) is 12.2. The van der Waals surface area contributed by atoms with Crippen molar-refractivity contribution in [2.75, 3.05) is 6.61 Å². The number of rotatable bonds is 13. The van der Waals surface area contributed by atoms with Gasteiger partial charge in [0.15, 0.2) is 0 Å². The first-order valence-electron chi connectivity index (χ1n) is 13.8. The lowest BCUT2D eigenvalue weighted by molar-refractivity contribution is -0.120. The Morgan fingerprint density at radius 1 is 1.07 bits per heavy atom. The zero-order valence-corrected chi connectivity index (χ0v) is 25.0. The molecule has 0 radical (unpaired) electrons. The Labute approximate surface area is 242 Å². The van der Waals surface area contributed by atoms with Gasteiger partial charge in [0.1, 0.15) is 11.6 Å². The molecule has 0 aliphatic carbocycles. The number of hydrogen-bond acceptors (Lipinski definition) is 5. The zero-order chi connectivity index (χ0) is 29.4. The molecule has 216 valence electrons. The number of carbonyl (C=O) groups excluding carboxylic acids is 2. The third kappa shape index (κ3) is 8.32. The zero-order valence-electron chi connectivity index (χ0n) is 24.2. The summed E-state index contributed by atoms with van der Waals surface area (Å²) in [6, 6.07) is 12.6. The summed E-state index contributed by atoms with van der Waals surface area (Å²) in [5.41, 5.74) is 3.25. The molecule has 0 aliphatic rings. The Morgan fingerprint density at radius 3 is 2.33 bits per heavy atom. The molecule has 0 spiro atoms. The van der Waals surface area contributed by atoms with Gasteiger partial charge in [0.05, 0.1) is 22.9 Å². The minimum absolute atomic E-state index is 0.0254. The van der Waals surface area contributed by atoms with Crippen LogP contribution in [0.15, 0.2) is 48.7 Å². The number of nitrogens with one attached hydrogen (secondary N) is 2. The number of carbonyl (C=O) groups is 2. The van der Waals surface area contributed by atoms with Crippen molar-refractivity contribution in [3.05, 3.63) is 70.6 Å². The Bertz CT molecular complexity index is 1290. The highest BCUT2D eigenvalue weighted by molar-refractivity contribution is 6.32. The molecule has 2 unspecified atom stereocenters. The van der Waals surface area contributed by atoms with Crippen LogP contribution in [0.3, 0.4) is 0 Å². The van der Waals surface area contributed by atoms with Crippen LogP contribution in [0.5, 0.6) is 5.75 Å². The number of aliphatic hydroxyl groups is 1. The van der Waals surface area contributed by atoms with Gasteiger partial charge in [-0.25, -0.2) is 4.98 Å². The number of halogens is 1. The van der Waals surface area contributed by atoms with Gasteiger partial charge in [-0.3, -0.25) is 9.59 Å². The SMILES string of the molecule is CCn1cc(-c2ccc(CC(CCO)NC(=O)c3ccc(OC(C)C)c(Cl)c3)cc2)nc1C(NC(C)=O)C(C)C. The summed E-state index contributed by atoms with van der Waals surface area (Å²) in [7, 11) is 0. The van der Waals surface area contributed by atoms with Crippen molar-refractivity contribution in [1.29, 1.82) is 0 Å². The standard InChI is InChI=1S/C31H41ClN4O4/c1-7-36-18-27(35-30(36)29(19(2)3)33-21(6)38)23-10-8-22(9-11-23)16-25(14-15-37)34-31(39)24-12-13-28(26(32)17-24)40-20(4)5/h8-13,17-20,25,29,37H,7,14-16H2,1-6H3,(H,33,38)(H,34,39). The van der Waals surface area contributed by atoms with Gasteiger partial charge in [0.25, 0.3) is 5.91 Å². The molecule has 0 bridgehead atoms. The van der Waals surface area contributed by atoms with Crippen LogP contribution in [-0.4, -0.2) is 45.2 Å². The molecule has 9 heteroatoms. The van der Waals surface area contributed by atoms with E-state index in [1.54, 1.807) is 18.2 Å². The Hall–Kier alpha value is -3.36. The van der Waals surface area contributed by atoms with Crippen LogP contribution >= 0.6 is 11.6 Å². The fraction of sp³-hybridized carbons (Fsp3) is 0.452. The first kappa shape index (κ1) is 31.2. The Balaban J connectivity index is 1.73. The van der Waals surface area contributed by atoms with Crippen LogP contribution in [0.25, 0.3) is 11.3 Å². The predicted molar refractivity (Wildman–Crippen MR) is 159 cm³/mol. The topological polar surface area (TPSA) is 105 Å². The van der Waals surface area contributed by atoms with E-state index in [-0.39, 0.29) is 42.5 Å². The molecule has 2 atom stereocenters. The Kier molecular flexibility index (Phi) is 11.2. The quantitative estimate of drug-likeness (QED) is 0.250. The van der Waals surface area contributed by atoms with Crippen LogP contribution in [0.1, 0.15) is 75.8 Å². The lowest BCUT2D eigenvalue weighted by Gasteiger charge is -2.21. The molecule has 3 aromatic rings. The molecule has 2 amide bonds. The molecule has 3 N–H and O–H groups in total. The van der Waals surface area contributed by atoms with E-state index < -0.39 is 0 Å². The van der Waals surface area contributed by atoms with Gasteiger partial charge < -0.3 is 25.0 Å². The molecule has 0 aliphatic heterocycles. The van der Waals surface area contributed by atoms with Crippen molar-refractivity contribution in [1.82, 2.24) is 20.2 Å². The van der Waals surface area contributed by atoms with Gasteiger partial charge in [-0.1, -0.05) is 49.7 Å². The van der Waals surface area contributed by atoms with Crippen molar-refractivity contribution in [2.24, 2.45) is 5.92 Å². The summed E-state index contributed by atoms with van der Waals surface area (Å²) >= 11 is 6.32. The number of imidazole rings is 1. The molecule has 2 aromatic carbocycles. The number of benzene rings is 2. The van der Waals surface area contributed by atoms with Gasteiger partial charge in [0.2, 0.25) is 5.91 Å². The summed E-state index contributed by atoms with van der Waals surface area (Å²) < 4.78 is 7.73. The number of hydrogen-bond donors (Lipinski definition) is 3. The minimum Gasteiger partial charge on any atom is -0.489 e. The highest BCUT2D eigenvalue weighted by atomic mass is 35.5. The number of amides is 2. The van der Waals surface area contributed by atoms with E-state index in [1.165, 1.54) is 6.92 Å². The number of aromatic nitrogens is 2. The highest BCUT2D eigenvalue weighted by Crippen LogP contribution is 2.28.